The first-order valence-corrected chi connectivity index (χ1v) is 12.5. The number of nitrogens with one attached hydrogen (secondary N) is 1. The number of ether oxygens (including phenoxy) is 2. The van der Waals surface area contributed by atoms with E-state index < -0.39 is 29.2 Å². The van der Waals surface area contributed by atoms with Gasteiger partial charge in [0.15, 0.2) is 5.54 Å². The van der Waals surface area contributed by atoms with E-state index in [2.05, 4.69) is 5.32 Å². The number of carbonyl (C=O) groups is 1. The first-order valence-electron chi connectivity index (χ1n) is 12.5. The summed E-state index contributed by atoms with van der Waals surface area (Å²) in [5.74, 6) is -1.03. The van der Waals surface area contributed by atoms with Crippen molar-refractivity contribution in [3.8, 4) is 5.75 Å². The summed E-state index contributed by atoms with van der Waals surface area (Å²) in [4.78, 5) is 18.3. The Kier molecular flexibility index (Phi) is 8.86. The summed E-state index contributed by atoms with van der Waals surface area (Å²) in [6, 6.07) is 20.3. The maximum atomic E-state index is 14.2. The molecule has 0 aromatic heterocycles. The van der Waals surface area contributed by atoms with Crippen molar-refractivity contribution in [3.05, 3.63) is 107 Å². The van der Waals surface area contributed by atoms with Crippen LogP contribution < -0.4 is 10.1 Å². The predicted molar refractivity (Wildman–Crippen MR) is 142 cm³/mol. The average Bonchev–Trinajstić information content (AvgIpc) is 3.26. The van der Waals surface area contributed by atoms with Crippen LogP contribution >= 0.6 is 0 Å². The van der Waals surface area contributed by atoms with Gasteiger partial charge >= 0.3 is 0 Å². The summed E-state index contributed by atoms with van der Waals surface area (Å²) >= 11 is 0. The van der Waals surface area contributed by atoms with Gasteiger partial charge < -0.3 is 19.9 Å². The molecule has 2 N–H and O–H groups in total. The van der Waals surface area contributed by atoms with Crippen molar-refractivity contribution >= 4 is 17.9 Å². The van der Waals surface area contributed by atoms with E-state index >= 15 is 0 Å². The number of amides is 1. The highest BCUT2D eigenvalue weighted by Crippen LogP contribution is 2.33. The standard InChI is InChI=1S/C30H30F2N2O4/c1-21-30(17-6-10-22-8-3-2-4-9-22,29(36)33-20-25-26(31)11-5-12-27(25)32)34-28(38-21)23-13-15-24(16-14-23)37-19-7-18-35/h2-6,8-16,21,35H,7,17-20H2,1H3,(H,33,36)/b10-6+/t21-,30-/m1/s1. The van der Waals surface area contributed by atoms with Crippen LogP contribution in [0.5, 0.6) is 5.75 Å². The molecule has 3 aromatic carbocycles. The lowest BCUT2D eigenvalue weighted by molar-refractivity contribution is -0.128. The molecule has 8 heteroatoms. The maximum absolute atomic E-state index is 14.2. The monoisotopic (exact) mass is 520 g/mol. The van der Waals surface area contributed by atoms with E-state index in [0.717, 1.165) is 17.7 Å². The number of nitrogens with zero attached hydrogens (tertiary/aromatic N) is 1. The molecule has 0 spiro atoms. The van der Waals surface area contributed by atoms with Gasteiger partial charge in [-0.3, -0.25) is 4.79 Å². The molecule has 0 radical (unpaired) electrons. The van der Waals surface area contributed by atoms with Gasteiger partial charge in [0.25, 0.3) is 5.91 Å². The number of halogens is 2. The fraction of sp³-hybridized carbons (Fsp3) is 0.267. The fourth-order valence-corrected chi connectivity index (χ4v) is 4.15. The molecule has 2 atom stereocenters. The Morgan fingerprint density at radius 1 is 1.08 bits per heavy atom. The van der Waals surface area contributed by atoms with Gasteiger partial charge in [0.1, 0.15) is 23.5 Å². The summed E-state index contributed by atoms with van der Waals surface area (Å²) in [7, 11) is 0. The smallest absolute Gasteiger partial charge is 0.252 e. The van der Waals surface area contributed by atoms with E-state index in [1.807, 2.05) is 42.5 Å². The van der Waals surface area contributed by atoms with Crippen LogP contribution in [0.4, 0.5) is 8.78 Å². The van der Waals surface area contributed by atoms with Crippen LogP contribution in [0, 0.1) is 11.6 Å². The highest BCUT2D eigenvalue weighted by Gasteiger charge is 2.49. The Morgan fingerprint density at radius 3 is 2.47 bits per heavy atom. The third-order valence-corrected chi connectivity index (χ3v) is 6.35. The minimum Gasteiger partial charge on any atom is -0.494 e. The van der Waals surface area contributed by atoms with Gasteiger partial charge in [-0.15, -0.1) is 0 Å². The molecule has 4 rings (SSSR count). The average molecular weight is 521 g/mol. The lowest BCUT2D eigenvalue weighted by atomic mass is 9.88. The predicted octanol–water partition coefficient (Wildman–Crippen LogP) is 5.05. The molecule has 0 unspecified atom stereocenters. The minimum absolute atomic E-state index is 0.0486. The number of hydrogen-bond donors (Lipinski definition) is 2. The normalized spacial score (nSPS) is 18.7. The first-order chi connectivity index (χ1) is 18.4. The molecule has 0 bridgehead atoms. The molecule has 0 aliphatic carbocycles. The molecule has 198 valence electrons. The van der Waals surface area contributed by atoms with Gasteiger partial charge in [0.05, 0.1) is 6.61 Å². The SMILES string of the molecule is C[C@H]1OC(c2ccc(OCCCO)cc2)=N[C@@]1(C/C=C/c1ccccc1)C(=O)NCc1c(F)cccc1F. The zero-order valence-corrected chi connectivity index (χ0v) is 21.1. The summed E-state index contributed by atoms with van der Waals surface area (Å²) in [6.07, 6.45) is 3.83. The number of hydrogen-bond acceptors (Lipinski definition) is 5. The van der Waals surface area contributed by atoms with Crippen molar-refractivity contribution in [2.45, 2.75) is 38.0 Å². The van der Waals surface area contributed by atoms with E-state index in [0.29, 0.717) is 30.2 Å². The summed E-state index contributed by atoms with van der Waals surface area (Å²) < 4.78 is 40.0. The van der Waals surface area contributed by atoms with Crippen LogP contribution in [-0.4, -0.2) is 41.8 Å². The molecular formula is C30H30F2N2O4. The van der Waals surface area contributed by atoms with Gasteiger partial charge in [-0.1, -0.05) is 48.6 Å². The quantitative estimate of drug-likeness (QED) is 0.347. The molecule has 6 nitrogen and oxygen atoms in total. The summed E-state index contributed by atoms with van der Waals surface area (Å²) in [5, 5.41) is 11.6. The second kappa shape index (κ2) is 12.5. The molecule has 1 amide bonds. The number of aliphatic hydroxyl groups excluding tert-OH is 1. The lowest BCUT2D eigenvalue weighted by Crippen LogP contribution is -2.50. The lowest BCUT2D eigenvalue weighted by Gasteiger charge is -2.27. The van der Waals surface area contributed by atoms with Crippen LogP contribution in [0.25, 0.3) is 6.08 Å². The molecule has 0 fully saturated rings. The molecule has 1 aliphatic heterocycles. The van der Waals surface area contributed by atoms with Crippen molar-refractivity contribution in [2.24, 2.45) is 4.99 Å². The zero-order chi connectivity index (χ0) is 27.0. The van der Waals surface area contributed by atoms with Crippen molar-refractivity contribution in [1.82, 2.24) is 5.32 Å². The second-order valence-electron chi connectivity index (χ2n) is 8.95. The number of aliphatic hydroxyl groups is 1. The molecular weight excluding hydrogens is 490 g/mol. The topological polar surface area (TPSA) is 80.2 Å². The minimum atomic E-state index is -1.35. The van der Waals surface area contributed by atoms with Crippen molar-refractivity contribution in [3.63, 3.8) is 0 Å². The Balaban J connectivity index is 1.59. The van der Waals surface area contributed by atoms with Crippen LogP contribution in [0.3, 0.4) is 0 Å². The Bertz CT molecular complexity index is 1280. The van der Waals surface area contributed by atoms with Crippen LogP contribution in [0.15, 0.2) is 83.9 Å². The number of carbonyl (C=O) groups excluding carboxylic acids is 1. The Labute approximate surface area is 220 Å². The molecule has 1 aliphatic rings. The summed E-state index contributed by atoms with van der Waals surface area (Å²) in [6.45, 7) is 1.87. The van der Waals surface area contributed by atoms with E-state index in [1.165, 1.54) is 6.07 Å². The van der Waals surface area contributed by atoms with Crippen LogP contribution in [0.1, 0.15) is 36.5 Å². The molecule has 0 saturated carbocycles. The van der Waals surface area contributed by atoms with Gasteiger partial charge in [-0.2, -0.15) is 0 Å². The van der Waals surface area contributed by atoms with Crippen LogP contribution in [-0.2, 0) is 16.1 Å². The van der Waals surface area contributed by atoms with Gasteiger partial charge in [0.2, 0.25) is 5.90 Å². The molecule has 3 aromatic rings. The molecule has 38 heavy (non-hydrogen) atoms. The first kappa shape index (κ1) is 27.0. The third kappa shape index (κ3) is 6.26. The fourth-order valence-electron chi connectivity index (χ4n) is 4.15. The highest BCUT2D eigenvalue weighted by atomic mass is 19.1. The number of aliphatic imine (C=N–C) groups is 1. The zero-order valence-electron chi connectivity index (χ0n) is 21.1. The second-order valence-corrected chi connectivity index (χ2v) is 8.95. The van der Waals surface area contributed by atoms with E-state index in [1.54, 1.807) is 31.2 Å². The van der Waals surface area contributed by atoms with Crippen LogP contribution in [0.2, 0.25) is 0 Å². The maximum Gasteiger partial charge on any atom is 0.252 e. The molecule has 1 heterocycles. The van der Waals surface area contributed by atoms with Crippen molar-refractivity contribution in [1.29, 1.82) is 0 Å². The van der Waals surface area contributed by atoms with E-state index in [9.17, 15) is 13.6 Å². The van der Waals surface area contributed by atoms with Crippen molar-refractivity contribution in [2.75, 3.05) is 13.2 Å². The summed E-state index contributed by atoms with van der Waals surface area (Å²) in [5.41, 5.74) is 0.0548. The third-order valence-electron chi connectivity index (χ3n) is 6.35. The van der Waals surface area contributed by atoms with E-state index in [-0.39, 0.29) is 25.1 Å². The number of benzene rings is 3. The highest BCUT2D eigenvalue weighted by molar-refractivity contribution is 6.00. The van der Waals surface area contributed by atoms with Gasteiger partial charge in [0, 0.05) is 37.1 Å². The van der Waals surface area contributed by atoms with E-state index in [4.69, 9.17) is 19.6 Å². The Hall–Kier alpha value is -4.04. The van der Waals surface area contributed by atoms with Gasteiger partial charge in [-0.25, -0.2) is 13.8 Å². The largest absolute Gasteiger partial charge is 0.494 e. The molecule has 0 saturated heterocycles. The van der Waals surface area contributed by atoms with Gasteiger partial charge in [-0.05, 0) is 48.9 Å². The number of rotatable bonds is 11. The van der Waals surface area contributed by atoms with Crippen molar-refractivity contribution < 1.29 is 28.2 Å². The Morgan fingerprint density at radius 2 is 1.79 bits per heavy atom.